The third-order valence-electron chi connectivity index (χ3n) is 5.84. The summed E-state index contributed by atoms with van der Waals surface area (Å²) < 4.78 is 13.0. The van der Waals surface area contributed by atoms with E-state index in [0.29, 0.717) is 13.2 Å². The van der Waals surface area contributed by atoms with Crippen LogP contribution in [0.2, 0.25) is 13.1 Å². The third kappa shape index (κ3) is 8.05. The first kappa shape index (κ1) is 24.4. The highest BCUT2D eigenvalue weighted by Gasteiger charge is 2.35. The molecule has 3 aromatic rings. The lowest BCUT2D eigenvalue weighted by Gasteiger charge is -2.37. The maximum absolute atomic E-state index is 6.83. The minimum atomic E-state index is -1.89. The Balaban J connectivity index is 1.83. The molecule has 0 aliphatic heterocycles. The number of rotatable bonds is 13. The molecule has 2 nitrogen and oxygen atoms in total. The SMILES string of the molecule is CCCOCC(CO[Si](C)(C)Cc1ccccc1)(Cc1ccccc1)Cc1ccccc1. The summed E-state index contributed by atoms with van der Waals surface area (Å²) >= 11 is 0. The summed E-state index contributed by atoms with van der Waals surface area (Å²) in [6.07, 6.45) is 2.92. The Bertz CT molecular complexity index is 853. The molecule has 3 rings (SSSR count). The van der Waals surface area contributed by atoms with E-state index in [-0.39, 0.29) is 5.41 Å². The van der Waals surface area contributed by atoms with E-state index in [9.17, 15) is 0 Å². The summed E-state index contributed by atoms with van der Waals surface area (Å²) in [5.74, 6) is 0. The molecular weight excluding hydrogens is 408 g/mol. The highest BCUT2D eigenvalue weighted by Crippen LogP contribution is 2.31. The van der Waals surface area contributed by atoms with Gasteiger partial charge in [-0.3, -0.25) is 0 Å². The summed E-state index contributed by atoms with van der Waals surface area (Å²) in [7, 11) is -1.89. The van der Waals surface area contributed by atoms with Gasteiger partial charge in [0.25, 0.3) is 0 Å². The molecular formula is C29H38O2Si. The Labute approximate surface area is 195 Å². The molecule has 0 spiro atoms. The number of ether oxygens (including phenoxy) is 1. The molecule has 0 unspecified atom stereocenters. The van der Waals surface area contributed by atoms with Crippen LogP contribution in [0.1, 0.15) is 30.0 Å². The van der Waals surface area contributed by atoms with Crippen LogP contribution in [0.15, 0.2) is 91.0 Å². The molecule has 32 heavy (non-hydrogen) atoms. The van der Waals surface area contributed by atoms with Gasteiger partial charge in [-0.15, -0.1) is 0 Å². The Kier molecular flexibility index (Phi) is 9.28. The van der Waals surface area contributed by atoms with E-state index in [1.165, 1.54) is 16.7 Å². The van der Waals surface area contributed by atoms with Crippen molar-refractivity contribution in [2.24, 2.45) is 5.41 Å². The highest BCUT2D eigenvalue weighted by molar-refractivity contribution is 6.70. The second kappa shape index (κ2) is 12.1. The van der Waals surface area contributed by atoms with Crippen LogP contribution in [0.4, 0.5) is 0 Å². The van der Waals surface area contributed by atoms with Crippen molar-refractivity contribution >= 4 is 8.32 Å². The van der Waals surface area contributed by atoms with Gasteiger partial charge in [-0.25, -0.2) is 0 Å². The Morgan fingerprint density at radius 1 is 0.656 bits per heavy atom. The number of benzene rings is 3. The Hall–Kier alpha value is -2.20. The zero-order valence-corrected chi connectivity index (χ0v) is 20.9. The quantitative estimate of drug-likeness (QED) is 0.210. The van der Waals surface area contributed by atoms with Crippen molar-refractivity contribution in [3.8, 4) is 0 Å². The topological polar surface area (TPSA) is 18.5 Å². The first-order valence-corrected chi connectivity index (χ1v) is 15.0. The van der Waals surface area contributed by atoms with E-state index in [1.54, 1.807) is 0 Å². The molecule has 0 bridgehead atoms. The molecule has 0 N–H and O–H groups in total. The van der Waals surface area contributed by atoms with Crippen molar-refractivity contribution in [3.63, 3.8) is 0 Å². The van der Waals surface area contributed by atoms with Crippen LogP contribution in [-0.2, 0) is 28.0 Å². The lowest BCUT2D eigenvalue weighted by atomic mass is 9.78. The van der Waals surface area contributed by atoms with E-state index < -0.39 is 8.32 Å². The molecule has 170 valence electrons. The van der Waals surface area contributed by atoms with Crippen molar-refractivity contribution in [3.05, 3.63) is 108 Å². The zero-order valence-electron chi connectivity index (χ0n) is 19.9. The van der Waals surface area contributed by atoms with Gasteiger partial charge in [0, 0.05) is 18.6 Å². The molecule has 0 saturated carbocycles. The van der Waals surface area contributed by atoms with Gasteiger partial charge in [0.2, 0.25) is 0 Å². The van der Waals surface area contributed by atoms with Crippen LogP contribution in [-0.4, -0.2) is 28.1 Å². The van der Waals surface area contributed by atoms with Crippen LogP contribution in [0.3, 0.4) is 0 Å². The molecule has 0 atom stereocenters. The molecule has 3 heteroatoms. The molecule has 0 fully saturated rings. The summed E-state index contributed by atoms with van der Waals surface area (Å²) in [5.41, 5.74) is 3.95. The summed E-state index contributed by atoms with van der Waals surface area (Å²) in [6.45, 7) is 9.05. The molecule has 0 radical (unpaired) electrons. The van der Waals surface area contributed by atoms with Crippen LogP contribution < -0.4 is 0 Å². The summed E-state index contributed by atoms with van der Waals surface area (Å²) in [6, 6.07) is 33.4. The fourth-order valence-electron chi connectivity index (χ4n) is 4.29. The van der Waals surface area contributed by atoms with E-state index >= 15 is 0 Å². The van der Waals surface area contributed by atoms with Crippen molar-refractivity contribution in [1.29, 1.82) is 0 Å². The highest BCUT2D eigenvalue weighted by atomic mass is 28.4. The molecule has 0 aromatic heterocycles. The summed E-state index contributed by atoms with van der Waals surface area (Å²) in [4.78, 5) is 0. The molecule has 0 saturated heterocycles. The van der Waals surface area contributed by atoms with Gasteiger partial charge in [0.05, 0.1) is 6.61 Å². The zero-order chi connectivity index (χ0) is 22.7. The molecule has 0 heterocycles. The predicted molar refractivity (Wildman–Crippen MR) is 137 cm³/mol. The molecule has 0 aliphatic carbocycles. The number of hydrogen-bond donors (Lipinski definition) is 0. The van der Waals surface area contributed by atoms with Crippen molar-refractivity contribution in [1.82, 2.24) is 0 Å². The maximum Gasteiger partial charge on any atom is 0.191 e. The molecule has 0 aliphatic rings. The minimum absolute atomic E-state index is 0.0984. The Morgan fingerprint density at radius 2 is 1.12 bits per heavy atom. The van der Waals surface area contributed by atoms with Crippen LogP contribution in [0.25, 0.3) is 0 Å². The Morgan fingerprint density at radius 3 is 1.59 bits per heavy atom. The van der Waals surface area contributed by atoms with Crippen molar-refractivity contribution < 1.29 is 9.16 Å². The predicted octanol–water partition coefficient (Wildman–Crippen LogP) is 6.89. The van der Waals surface area contributed by atoms with Gasteiger partial charge in [-0.05, 0) is 55.1 Å². The van der Waals surface area contributed by atoms with Gasteiger partial charge in [-0.2, -0.15) is 0 Å². The lowest BCUT2D eigenvalue weighted by Crippen LogP contribution is -2.43. The van der Waals surface area contributed by atoms with E-state index in [0.717, 1.165) is 31.9 Å². The van der Waals surface area contributed by atoms with E-state index in [2.05, 4.69) is 111 Å². The second-order valence-corrected chi connectivity index (χ2v) is 13.7. The second-order valence-electron chi connectivity index (χ2n) is 9.59. The van der Waals surface area contributed by atoms with Gasteiger partial charge in [-0.1, -0.05) is 97.9 Å². The fourth-order valence-corrected chi connectivity index (χ4v) is 6.30. The fraction of sp³-hybridized carbons (Fsp3) is 0.379. The molecule has 3 aromatic carbocycles. The lowest BCUT2D eigenvalue weighted by molar-refractivity contribution is 0.0108. The van der Waals surface area contributed by atoms with Gasteiger partial charge < -0.3 is 9.16 Å². The van der Waals surface area contributed by atoms with Gasteiger partial charge in [0.15, 0.2) is 8.32 Å². The van der Waals surface area contributed by atoms with Gasteiger partial charge in [0.1, 0.15) is 0 Å². The standard InChI is InChI=1S/C29H38O2Si/c1-4-20-30-24-29(21-26-14-8-5-9-15-26,22-27-16-10-6-11-17-27)25-31-32(2,3)23-28-18-12-7-13-19-28/h5-19H,4,20-25H2,1-3H3. The first-order chi connectivity index (χ1) is 15.5. The third-order valence-corrected chi connectivity index (χ3v) is 8.03. The van der Waals surface area contributed by atoms with Crippen LogP contribution in [0.5, 0.6) is 0 Å². The maximum atomic E-state index is 6.83. The van der Waals surface area contributed by atoms with Crippen LogP contribution in [0, 0.1) is 5.41 Å². The van der Waals surface area contributed by atoms with E-state index in [4.69, 9.17) is 9.16 Å². The van der Waals surface area contributed by atoms with E-state index in [1.807, 2.05) is 0 Å². The van der Waals surface area contributed by atoms with Crippen molar-refractivity contribution in [2.45, 2.75) is 45.3 Å². The first-order valence-electron chi connectivity index (χ1n) is 11.8. The van der Waals surface area contributed by atoms with Crippen molar-refractivity contribution in [2.75, 3.05) is 19.8 Å². The smallest absolute Gasteiger partial charge is 0.191 e. The average Bonchev–Trinajstić information content (AvgIpc) is 2.80. The van der Waals surface area contributed by atoms with Gasteiger partial charge >= 0.3 is 0 Å². The normalized spacial score (nSPS) is 12.1. The largest absolute Gasteiger partial charge is 0.416 e. The minimum Gasteiger partial charge on any atom is -0.416 e. The average molecular weight is 447 g/mol. The number of hydrogen-bond acceptors (Lipinski definition) is 2. The summed E-state index contributed by atoms with van der Waals surface area (Å²) in [5, 5.41) is 0. The van der Waals surface area contributed by atoms with Crippen LogP contribution >= 0.6 is 0 Å². The molecule has 0 amide bonds. The monoisotopic (exact) mass is 446 g/mol.